The molecule has 1 rings (SSSR count). The second-order valence-corrected chi connectivity index (χ2v) is 6.05. The average Bonchev–Trinajstić information content (AvgIpc) is 2.44. The number of hydrogen-bond acceptors (Lipinski definition) is 5. The lowest BCUT2D eigenvalue weighted by Gasteiger charge is -2.24. The predicted octanol–water partition coefficient (Wildman–Crippen LogP) is 3.27. The molecule has 0 fully saturated rings. The van der Waals surface area contributed by atoms with Crippen molar-refractivity contribution in [3.63, 3.8) is 0 Å². The van der Waals surface area contributed by atoms with Gasteiger partial charge in [0, 0.05) is 7.05 Å². The molecule has 1 aromatic carbocycles. The lowest BCUT2D eigenvalue weighted by atomic mass is 10.0. The third kappa shape index (κ3) is 4.71. The molecule has 124 valence electrons. The molecule has 0 aromatic heterocycles. The molecule has 0 unspecified atom stereocenters. The molecule has 0 aliphatic heterocycles. The Balaban J connectivity index is 3.20. The van der Waals surface area contributed by atoms with Crippen molar-refractivity contribution >= 4 is 12.0 Å². The highest BCUT2D eigenvalue weighted by molar-refractivity contribution is 6.04. The highest BCUT2D eigenvalue weighted by Gasteiger charge is 2.27. The zero-order chi connectivity index (χ0) is 17.8. The highest BCUT2D eigenvalue weighted by Crippen LogP contribution is 2.25. The first kappa shape index (κ1) is 18.5. The Morgan fingerprint density at radius 1 is 1.30 bits per heavy atom. The minimum atomic E-state index is -0.760. The molecule has 0 spiro atoms. The van der Waals surface area contributed by atoms with Gasteiger partial charge in [0.1, 0.15) is 11.4 Å². The van der Waals surface area contributed by atoms with Gasteiger partial charge in [-0.3, -0.25) is 4.79 Å². The number of carbonyl (C=O) groups is 2. The van der Waals surface area contributed by atoms with Crippen molar-refractivity contribution in [1.29, 1.82) is 5.26 Å². The molecule has 23 heavy (non-hydrogen) atoms. The average molecular weight is 318 g/mol. The van der Waals surface area contributed by atoms with Crippen molar-refractivity contribution in [2.45, 2.75) is 40.2 Å². The van der Waals surface area contributed by atoms with E-state index in [-0.39, 0.29) is 5.56 Å². The molecule has 0 atom stereocenters. The van der Waals surface area contributed by atoms with E-state index in [0.29, 0.717) is 23.5 Å². The van der Waals surface area contributed by atoms with Gasteiger partial charge >= 0.3 is 6.09 Å². The number of rotatable bonds is 3. The van der Waals surface area contributed by atoms with Crippen molar-refractivity contribution < 1.29 is 19.1 Å². The first-order chi connectivity index (χ1) is 10.6. The van der Waals surface area contributed by atoms with Crippen LogP contribution >= 0.6 is 0 Å². The van der Waals surface area contributed by atoms with Gasteiger partial charge in [0.15, 0.2) is 0 Å². The summed E-state index contributed by atoms with van der Waals surface area (Å²) < 4.78 is 10.6. The number of imide groups is 1. The Hall–Kier alpha value is -2.55. The van der Waals surface area contributed by atoms with Gasteiger partial charge < -0.3 is 9.47 Å². The summed E-state index contributed by atoms with van der Waals surface area (Å²) in [6.07, 6.45) is -0.760. The maximum atomic E-state index is 12.6. The van der Waals surface area contributed by atoms with Crippen LogP contribution in [0.15, 0.2) is 12.1 Å². The summed E-state index contributed by atoms with van der Waals surface area (Å²) >= 11 is 0. The number of nitriles is 1. The van der Waals surface area contributed by atoms with Gasteiger partial charge in [-0.2, -0.15) is 5.26 Å². The fourth-order valence-corrected chi connectivity index (χ4v) is 1.84. The fourth-order valence-electron chi connectivity index (χ4n) is 1.84. The minimum Gasteiger partial charge on any atom is -0.493 e. The second kappa shape index (κ2) is 7.14. The van der Waals surface area contributed by atoms with Gasteiger partial charge in [-0.15, -0.1) is 0 Å². The van der Waals surface area contributed by atoms with Gasteiger partial charge in [-0.25, -0.2) is 9.69 Å². The summed E-state index contributed by atoms with van der Waals surface area (Å²) in [6.45, 7) is 9.06. The quantitative estimate of drug-likeness (QED) is 0.854. The van der Waals surface area contributed by atoms with E-state index in [1.165, 1.54) is 13.1 Å². The zero-order valence-corrected chi connectivity index (χ0v) is 14.4. The Kier molecular flexibility index (Phi) is 5.74. The molecule has 6 heteroatoms. The maximum Gasteiger partial charge on any atom is 0.417 e. The molecular formula is C17H22N2O4. The van der Waals surface area contributed by atoms with Crippen molar-refractivity contribution in [3.8, 4) is 11.8 Å². The largest absolute Gasteiger partial charge is 0.493 e. The van der Waals surface area contributed by atoms with Crippen LogP contribution in [-0.4, -0.2) is 36.2 Å². The Morgan fingerprint density at radius 2 is 1.91 bits per heavy atom. The van der Waals surface area contributed by atoms with Crippen LogP contribution in [0.25, 0.3) is 0 Å². The third-order valence-electron chi connectivity index (χ3n) is 2.95. The standard InChI is InChI=1S/C17H22N2O4/c1-7-22-14-8-11(2)12(10-18)9-13(14)15(20)19(6)16(21)23-17(3,4)5/h8-9H,7H2,1-6H3. The van der Waals surface area contributed by atoms with Crippen LogP contribution in [0.3, 0.4) is 0 Å². The van der Waals surface area contributed by atoms with Crippen molar-refractivity contribution in [3.05, 3.63) is 28.8 Å². The molecule has 2 amide bonds. The van der Waals surface area contributed by atoms with E-state index < -0.39 is 17.6 Å². The fraction of sp³-hybridized carbons (Fsp3) is 0.471. The van der Waals surface area contributed by atoms with Gasteiger partial charge in [0.2, 0.25) is 0 Å². The first-order valence-corrected chi connectivity index (χ1v) is 7.29. The first-order valence-electron chi connectivity index (χ1n) is 7.29. The number of hydrogen-bond donors (Lipinski definition) is 0. The topological polar surface area (TPSA) is 79.6 Å². The van der Waals surface area contributed by atoms with Crippen LogP contribution < -0.4 is 4.74 Å². The van der Waals surface area contributed by atoms with E-state index in [4.69, 9.17) is 14.7 Å². The highest BCUT2D eigenvalue weighted by atomic mass is 16.6. The van der Waals surface area contributed by atoms with Gasteiger partial charge in [-0.05, 0) is 52.3 Å². The van der Waals surface area contributed by atoms with Crippen LogP contribution in [0.4, 0.5) is 4.79 Å². The van der Waals surface area contributed by atoms with Crippen LogP contribution in [0, 0.1) is 18.3 Å². The molecule has 0 saturated carbocycles. The van der Waals surface area contributed by atoms with Crippen molar-refractivity contribution in [1.82, 2.24) is 4.90 Å². The number of aryl methyl sites for hydroxylation is 1. The van der Waals surface area contributed by atoms with E-state index in [0.717, 1.165) is 4.90 Å². The summed E-state index contributed by atoms with van der Waals surface area (Å²) in [5.74, 6) is -0.247. The number of carbonyl (C=O) groups excluding carboxylic acids is 2. The summed E-state index contributed by atoms with van der Waals surface area (Å²) in [4.78, 5) is 25.5. The molecule has 0 heterocycles. The molecular weight excluding hydrogens is 296 g/mol. The van der Waals surface area contributed by atoms with Crippen molar-refractivity contribution in [2.24, 2.45) is 0 Å². The van der Waals surface area contributed by atoms with E-state index in [1.54, 1.807) is 40.7 Å². The third-order valence-corrected chi connectivity index (χ3v) is 2.95. The van der Waals surface area contributed by atoms with Gasteiger partial charge in [-0.1, -0.05) is 0 Å². The Labute approximate surface area is 136 Å². The van der Waals surface area contributed by atoms with Gasteiger partial charge in [0.25, 0.3) is 5.91 Å². The molecule has 0 saturated heterocycles. The number of ether oxygens (including phenoxy) is 2. The van der Waals surface area contributed by atoms with Crippen LogP contribution in [-0.2, 0) is 4.74 Å². The van der Waals surface area contributed by atoms with Crippen LogP contribution in [0.2, 0.25) is 0 Å². The number of benzene rings is 1. The monoisotopic (exact) mass is 318 g/mol. The lowest BCUT2D eigenvalue weighted by molar-refractivity contribution is 0.0284. The molecule has 1 aromatic rings. The number of amides is 2. The van der Waals surface area contributed by atoms with E-state index in [9.17, 15) is 9.59 Å². The van der Waals surface area contributed by atoms with Crippen LogP contribution in [0.5, 0.6) is 5.75 Å². The van der Waals surface area contributed by atoms with E-state index in [2.05, 4.69) is 0 Å². The van der Waals surface area contributed by atoms with E-state index >= 15 is 0 Å². The summed E-state index contributed by atoms with van der Waals surface area (Å²) in [6, 6.07) is 5.08. The SMILES string of the molecule is CCOc1cc(C)c(C#N)cc1C(=O)N(C)C(=O)OC(C)(C)C. The predicted molar refractivity (Wildman–Crippen MR) is 85.4 cm³/mol. The molecule has 0 aliphatic rings. The summed E-state index contributed by atoms with van der Waals surface area (Å²) in [5, 5.41) is 9.14. The van der Waals surface area contributed by atoms with Crippen molar-refractivity contribution in [2.75, 3.05) is 13.7 Å². The Morgan fingerprint density at radius 3 is 2.39 bits per heavy atom. The second-order valence-electron chi connectivity index (χ2n) is 6.05. The molecule has 6 nitrogen and oxygen atoms in total. The normalized spacial score (nSPS) is 10.7. The number of nitrogens with zero attached hydrogens (tertiary/aromatic N) is 2. The zero-order valence-electron chi connectivity index (χ0n) is 14.4. The van der Waals surface area contributed by atoms with Gasteiger partial charge in [0.05, 0.1) is 23.8 Å². The molecule has 0 aliphatic carbocycles. The lowest BCUT2D eigenvalue weighted by Crippen LogP contribution is -2.38. The molecule has 0 radical (unpaired) electrons. The van der Waals surface area contributed by atoms with Crippen LogP contribution in [0.1, 0.15) is 49.2 Å². The smallest absolute Gasteiger partial charge is 0.417 e. The molecule has 0 bridgehead atoms. The Bertz CT molecular complexity index is 654. The molecule has 0 N–H and O–H groups in total. The van der Waals surface area contributed by atoms with E-state index in [1.807, 2.05) is 6.07 Å². The minimum absolute atomic E-state index is 0.155. The maximum absolute atomic E-state index is 12.6. The summed E-state index contributed by atoms with van der Waals surface area (Å²) in [7, 11) is 1.33. The summed E-state index contributed by atoms with van der Waals surface area (Å²) in [5.41, 5.74) is 0.503.